The first-order chi connectivity index (χ1) is 12.5. The fraction of sp³-hybridized carbons (Fsp3) is 0.250. The zero-order valence-electron chi connectivity index (χ0n) is 14.9. The van der Waals surface area contributed by atoms with Crippen LogP contribution in [0.4, 0.5) is 0 Å². The molecule has 4 rings (SSSR count). The van der Waals surface area contributed by atoms with Crippen LogP contribution in [0.25, 0.3) is 22.0 Å². The van der Waals surface area contributed by atoms with Gasteiger partial charge in [-0.25, -0.2) is 9.67 Å². The van der Waals surface area contributed by atoms with Crippen molar-refractivity contribution >= 4 is 27.9 Å². The van der Waals surface area contributed by atoms with Crippen LogP contribution in [0, 0.1) is 0 Å². The van der Waals surface area contributed by atoms with Gasteiger partial charge in [0.25, 0.3) is 5.91 Å². The normalized spacial score (nSPS) is 12.8. The third kappa shape index (κ3) is 2.83. The highest BCUT2D eigenvalue weighted by atomic mass is 16.3. The summed E-state index contributed by atoms with van der Waals surface area (Å²) in [6, 6.07) is 11.5. The molecule has 132 valence electrons. The van der Waals surface area contributed by atoms with Crippen molar-refractivity contribution in [2.75, 3.05) is 0 Å². The molecule has 0 spiro atoms. The Labute approximate surface area is 150 Å². The number of fused-ring (bicyclic) bond motifs is 2. The molecule has 3 aromatic heterocycles. The van der Waals surface area contributed by atoms with Crippen LogP contribution in [0.5, 0.6) is 0 Å². The number of nitrogens with zero attached hydrogens (tertiary/aromatic N) is 3. The number of carbonyl (C=O) groups excluding carboxylic acids is 1. The Morgan fingerprint density at radius 1 is 1.12 bits per heavy atom. The van der Waals surface area contributed by atoms with E-state index >= 15 is 0 Å². The van der Waals surface area contributed by atoms with E-state index in [2.05, 4.69) is 15.4 Å². The minimum absolute atomic E-state index is 0.190. The van der Waals surface area contributed by atoms with Gasteiger partial charge in [0, 0.05) is 23.0 Å². The molecule has 4 aromatic rings. The molecule has 0 fully saturated rings. The molecule has 6 heteroatoms. The van der Waals surface area contributed by atoms with Gasteiger partial charge in [0.15, 0.2) is 5.65 Å². The summed E-state index contributed by atoms with van der Waals surface area (Å²) >= 11 is 0. The summed E-state index contributed by atoms with van der Waals surface area (Å²) in [6.45, 7) is 5.99. The molecule has 0 aliphatic heterocycles. The molecule has 0 saturated heterocycles. The zero-order valence-corrected chi connectivity index (χ0v) is 14.9. The molecule has 1 amide bonds. The number of hydrogen-bond donors (Lipinski definition) is 1. The third-order valence-electron chi connectivity index (χ3n) is 4.40. The highest BCUT2D eigenvalue weighted by Crippen LogP contribution is 2.24. The Bertz CT molecular complexity index is 1060. The minimum atomic E-state index is -0.246. The molecule has 1 aromatic carbocycles. The van der Waals surface area contributed by atoms with Crippen LogP contribution < -0.4 is 5.32 Å². The van der Waals surface area contributed by atoms with Gasteiger partial charge < -0.3 is 9.73 Å². The molecule has 0 aliphatic carbocycles. The number of aromatic nitrogens is 3. The van der Waals surface area contributed by atoms with Gasteiger partial charge in [-0.2, -0.15) is 5.10 Å². The maximum atomic E-state index is 12.6. The second-order valence-corrected chi connectivity index (χ2v) is 6.70. The second-order valence-electron chi connectivity index (χ2n) is 6.70. The Morgan fingerprint density at radius 3 is 2.69 bits per heavy atom. The third-order valence-corrected chi connectivity index (χ3v) is 4.40. The van der Waals surface area contributed by atoms with Gasteiger partial charge in [0.1, 0.15) is 11.3 Å². The predicted octanol–water partition coefficient (Wildman–Crippen LogP) is 4.25. The smallest absolute Gasteiger partial charge is 0.253 e. The summed E-state index contributed by atoms with van der Waals surface area (Å²) in [6.07, 6.45) is 3.32. The molecule has 1 N–H and O–H groups in total. The van der Waals surface area contributed by atoms with E-state index in [1.54, 1.807) is 12.4 Å². The number of amides is 1. The van der Waals surface area contributed by atoms with Gasteiger partial charge in [0.2, 0.25) is 0 Å². The average Bonchev–Trinajstić information content (AvgIpc) is 3.25. The maximum absolute atomic E-state index is 12.6. The number of carbonyl (C=O) groups is 1. The van der Waals surface area contributed by atoms with E-state index < -0.39 is 0 Å². The van der Waals surface area contributed by atoms with Crippen LogP contribution in [-0.4, -0.2) is 20.7 Å². The molecule has 1 atom stereocenters. The second kappa shape index (κ2) is 6.29. The number of hydrogen-bond acceptors (Lipinski definition) is 4. The van der Waals surface area contributed by atoms with Gasteiger partial charge in [-0.1, -0.05) is 18.2 Å². The minimum Gasteiger partial charge on any atom is -0.459 e. The summed E-state index contributed by atoms with van der Waals surface area (Å²) in [5, 5.41) is 9.17. The van der Waals surface area contributed by atoms with Gasteiger partial charge >= 0.3 is 0 Å². The van der Waals surface area contributed by atoms with Crippen LogP contribution in [0.3, 0.4) is 0 Å². The monoisotopic (exact) mass is 348 g/mol. The number of benzene rings is 1. The average molecular weight is 348 g/mol. The van der Waals surface area contributed by atoms with Crippen LogP contribution in [0.15, 0.2) is 53.2 Å². The summed E-state index contributed by atoms with van der Waals surface area (Å²) in [7, 11) is 0. The van der Waals surface area contributed by atoms with Crippen molar-refractivity contribution < 1.29 is 9.21 Å². The Hall–Kier alpha value is -3.15. The van der Waals surface area contributed by atoms with Crippen molar-refractivity contribution in [2.24, 2.45) is 0 Å². The van der Waals surface area contributed by atoms with E-state index in [-0.39, 0.29) is 18.0 Å². The molecule has 3 heterocycles. The number of rotatable bonds is 4. The van der Waals surface area contributed by atoms with Crippen molar-refractivity contribution in [2.45, 2.75) is 32.9 Å². The van der Waals surface area contributed by atoms with Crippen molar-refractivity contribution in [1.82, 2.24) is 20.1 Å². The van der Waals surface area contributed by atoms with Gasteiger partial charge in [-0.3, -0.25) is 4.79 Å². The summed E-state index contributed by atoms with van der Waals surface area (Å²) in [5.41, 5.74) is 2.10. The summed E-state index contributed by atoms with van der Waals surface area (Å²) in [4.78, 5) is 17.0. The molecular formula is C20H20N4O2. The highest BCUT2D eigenvalue weighted by Gasteiger charge is 2.17. The number of pyridine rings is 1. The largest absolute Gasteiger partial charge is 0.459 e. The molecule has 0 saturated carbocycles. The first-order valence-corrected chi connectivity index (χ1v) is 8.65. The lowest BCUT2D eigenvalue weighted by molar-refractivity contribution is 0.0935. The lowest BCUT2D eigenvalue weighted by Gasteiger charge is -2.11. The first kappa shape index (κ1) is 16.3. The number of nitrogens with one attached hydrogen (secondary N) is 1. The van der Waals surface area contributed by atoms with E-state index in [0.29, 0.717) is 5.56 Å². The number of furan rings is 1. The highest BCUT2D eigenvalue weighted by molar-refractivity contribution is 5.97. The molecular weight excluding hydrogens is 328 g/mol. The van der Waals surface area contributed by atoms with Crippen LogP contribution in [-0.2, 0) is 0 Å². The Kier molecular flexibility index (Phi) is 3.95. The van der Waals surface area contributed by atoms with Crippen LogP contribution in [0.2, 0.25) is 0 Å². The predicted molar refractivity (Wildman–Crippen MR) is 100 cm³/mol. The molecule has 6 nitrogen and oxygen atoms in total. The van der Waals surface area contributed by atoms with Gasteiger partial charge in [-0.15, -0.1) is 0 Å². The Balaban J connectivity index is 1.56. The van der Waals surface area contributed by atoms with E-state index in [9.17, 15) is 4.79 Å². The van der Waals surface area contributed by atoms with Gasteiger partial charge in [0.05, 0.1) is 17.8 Å². The lowest BCUT2D eigenvalue weighted by atomic mass is 10.2. The SMILES string of the molecule is CC(C)n1ncc2cc(C(=O)N[C@H](C)c3cc4ccccc4o3)cnc21. The number of para-hydroxylation sites is 1. The van der Waals surface area contributed by atoms with E-state index in [1.165, 1.54) is 0 Å². The van der Waals surface area contributed by atoms with Crippen LogP contribution >= 0.6 is 0 Å². The first-order valence-electron chi connectivity index (χ1n) is 8.65. The van der Waals surface area contributed by atoms with Crippen molar-refractivity contribution in [3.63, 3.8) is 0 Å². The maximum Gasteiger partial charge on any atom is 0.253 e. The lowest BCUT2D eigenvalue weighted by Crippen LogP contribution is -2.26. The molecule has 0 radical (unpaired) electrons. The quantitative estimate of drug-likeness (QED) is 0.598. The molecule has 0 aliphatic rings. The topological polar surface area (TPSA) is 73.0 Å². The van der Waals surface area contributed by atoms with Gasteiger partial charge in [-0.05, 0) is 39.0 Å². The van der Waals surface area contributed by atoms with E-state index in [0.717, 1.165) is 27.8 Å². The van der Waals surface area contributed by atoms with Crippen molar-refractivity contribution in [3.05, 3.63) is 60.1 Å². The van der Waals surface area contributed by atoms with Crippen molar-refractivity contribution in [1.29, 1.82) is 0 Å². The Morgan fingerprint density at radius 2 is 1.92 bits per heavy atom. The van der Waals surface area contributed by atoms with Crippen molar-refractivity contribution in [3.8, 4) is 0 Å². The fourth-order valence-electron chi connectivity index (χ4n) is 3.01. The molecule has 26 heavy (non-hydrogen) atoms. The summed E-state index contributed by atoms with van der Waals surface area (Å²) in [5.74, 6) is 0.533. The summed E-state index contributed by atoms with van der Waals surface area (Å²) < 4.78 is 7.66. The molecule has 0 bridgehead atoms. The zero-order chi connectivity index (χ0) is 18.3. The van der Waals surface area contributed by atoms with E-state index in [4.69, 9.17) is 4.42 Å². The fourth-order valence-corrected chi connectivity index (χ4v) is 3.01. The standard InChI is InChI=1S/C20H20N4O2/c1-12(2)24-19-15(11-22-24)8-16(10-21-19)20(25)23-13(3)18-9-14-6-4-5-7-17(14)26-18/h4-13H,1-3H3,(H,23,25)/t13-/m1/s1. The molecule has 0 unspecified atom stereocenters. The van der Waals surface area contributed by atoms with Crippen LogP contribution in [0.1, 0.15) is 49.0 Å². The van der Waals surface area contributed by atoms with E-state index in [1.807, 2.05) is 61.9 Å².